The van der Waals surface area contributed by atoms with Crippen LogP contribution in [0.25, 0.3) is 22.6 Å². The largest absolute Gasteiger partial charge is 0.255 e. The van der Waals surface area contributed by atoms with Crippen LogP contribution in [0.3, 0.4) is 0 Å². The number of rotatable bonds is 13. The van der Waals surface area contributed by atoms with Crippen molar-refractivity contribution in [3.05, 3.63) is 66.1 Å². The van der Waals surface area contributed by atoms with Crippen LogP contribution in [0.5, 0.6) is 0 Å². The smallest absolute Gasteiger partial charge is 0.160 e. The summed E-state index contributed by atoms with van der Waals surface area (Å²) in [7, 11) is 0. The average molecular weight is 416 g/mol. The van der Waals surface area contributed by atoms with Crippen LogP contribution < -0.4 is 0 Å². The second kappa shape index (κ2) is 13.0. The van der Waals surface area contributed by atoms with Crippen LogP contribution in [0.1, 0.15) is 82.8 Å². The van der Waals surface area contributed by atoms with Crippen molar-refractivity contribution in [3.8, 4) is 22.6 Å². The third kappa shape index (κ3) is 7.57. The lowest BCUT2D eigenvalue weighted by Crippen LogP contribution is -1.94. The summed E-state index contributed by atoms with van der Waals surface area (Å²) in [6.45, 7) is 4.50. The molecule has 3 aromatic rings. The van der Waals surface area contributed by atoms with Gasteiger partial charge in [-0.25, -0.2) is 9.97 Å². The highest BCUT2D eigenvalue weighted by Crippen LogP contribution is 2.22. The molecule has 0 spiro atoms. The van der Waals surface area contributed by atoms with Gasteiger partial charge < -0.3 is 0 Å². The van der Waals surface area contributed by atoms with E-state index in [0.717, 1.165) is 29.1 Å². The molecule has 0 bridgehead atoms. The maximum atomic E-state index is 4.66. The van der Waals surface area contributed by atoms with Gasteiger partial charge in [-0.1, -0.05) is 83.1 Å². The molecule has 0 saturated heterocycles. The standard InChI is InChI=1S/C28H37N3/c1-3-5-7-9-11-12-23-14-16-25(17-15-23)27-19-18-26(22-29-27)28-30-20-24(21-31-28)13-10-8-6-4-2/h14-22H,3-13H2,1-2H3. The van der Waals surface area contributed by atoms with Crippen LogP contribution in [-0.4, -0.2) is 15.0 Å². The van der Waals surface area contributed by atoms with E-state index < -0.39 is 0 Å². The molecule has 0 saturated carbocycles. The van der Waals surface area contributed by atoms with Gasteiger partial charge in [0, 0.05) is 29.7 Å². The minimum atomic E-state index is 0.745. The fourth-order valence-electron chi connectivity index (χ4n) is 3.86. The molecule has 0 amide bonds. The number of hydrogen-bond donors (Lipinski definition) is 0. The number of benzene rings is 1. The van der Waals surface area contributed by atoms with E-state index in [1.807, 2.05) is 18.6 Å². The molecule has 0 unspecified atom stereocenters. The quantitative estimate of drug-likeness (QED) is 0.267. The van der Waals surface area contributed by atoms with E-state index in [0.29, 0.717) is 0 Å². The lowest BCUT2D eigenvalue weighted by molar-refractivity contribution is 0.632. The molecule has 0 aliphatic rings. The summed E-state index contributed by atoms with van der Waals surface area (Å²) < 4.78 is 0. The number of nitrogens with zero attached hydrogens (tertiary/aromatic N) is 3. The minimum absolute atomic E-state index is 0.745. The Morgan fingerprint density at radius 2 is 1.10 bits per heavy atom. The van der Waals surface area contributed by atoms with Crippen molar-refractivity contribution >= 4 is 0 Å². The van der Waals surface area contributed by atoms with Crippen molar-refractivity contribution < 1.29 is 0 Å². The van der Waals surface area contributed by atoms with E-state index in [1.165, 1.54) is 75.3 Å². The Balaban J connectivity index is 1.53. The zero-order chi connectivity index (χ0) is 21.7. The Morgan fingerprint density at radius 3 is 1.71 bits per heavy atom. The number of aromatic nitrogens is 3. The van der Waals surface area contributed by atoms with Gasteiger partial charge in [0.25, 0.3) is 0 Å². The Labute approximate surface area is 188 Å². The molecule has 3 rings (SSSR count). The van der Waals surface area contributed by atoms with Gasteiger partial charge >= 0.3 is 0 Å². The van der Waals surface area contributed by atoms with Crippen LogP contribution in [0.15, 0.2) is 55.0 Å². The molecular formula is C28H37N3. The summed E-state index contributed by atoms with van der Waals surface area (Å²) in [6.07, 6.45) is 19.7. The predicted octanol–water partition coefficient (Wildman–Crippen LogP) is 7.84. The summed E-state index contributed by atoms with van der Waals surface area (Å²) in [5.74, 6) is 0.745. The molecule has 0 fully saturated rings. The van der Waals surface area contributed by atoms with Crippen molar-refractivity contribution in [1.82, 2.24) is 15.0 Å². The van der Waals surface area contributed by atoms with Gasteiger partial charge in [-0.05, 0) is 48.9 Å². The lowest BCUT2D eigenvalue weighted by Gasteiger charge is -2.06. The van der Waals surface area contributed by atoms with Crippen molar-refractivity contribution in [2.45, 2.75) is 84.5 Å². The minimum Gasteiger partial charge on any atom is -0.255 e. The molecule has 2 aromatic heterocycles. The van der Waals surface area contributed by atoms with Gasteiger partial charge in [0.05, 0.1) is 5.69 Å². The number of aryl methyl sites for hydroxylation is 2. The van der Waals surface area contributed by atoms with E-state index >= 15 is 0 Å². The van der Waals surface area contributed by atoms with Crippen LogP contribution in [-0.2, 0) is 12.8 Å². The van der Waals surface area contributed by atoms with Crippen molar-refractivity contribution in [1.29, 1.82) is 0 Å². The molecule has 3 nitrogen and oxygen atoms in total. The number of pyridine rings is 1. The first kappa shape index (κ1) is 23.1. The van der Waals surface area contributed by atoms with Crippen LogP contribution in [0.2, 0.25) is 0 Å². The van der Waals surface area contributed by atoms with E-state index in [4.69, 9.17) is 0 Å². The van der Waals surface area contributed by atoms with Crippen LogP contribution in [0, 0.1) is 0 Å². The molecule has 0 aliphatic carbocycles. The fourth-order valence-corrected chi connectivity index (χ4v) is 3.86. The van der Waals surface area contributed by atoms with Crippen molar-refractivity contribution in [2.24, 2.45) is 0 Å². The Bertz CT molecular complexity index is 868. The van der Waals surface area contributed by atoms with Crippen molar-refractivity contribution in [2.75, 3.05) is 0 Å². The maximum absolute atomic E-state index is 4.66. The summed E-state index contributed by atoms with van der Waals surface area (Å²) >= 11 is 0. The first-order chi connectivity index (χ1) is 15.3. The molecule has 3 heteroatoms. The summed E-state index contributed by atoms with van der Waals surface area (Å²) in [4.78, 5) is 13.8. The highest BCUT2D eigenvalue weighted by Gasteiger charge is 2.05. The van der Waals surface area contributed by atoms with Gasteiger partial charge in [0.1, 0.15) is 0 Å². The Morgan fingerprint density at radius 1 is 0.516 bits per heavy atom. The third-order valence-electron chi connectivity index (χ3n) is 5.86. The molecule has 164 valence electrons. The highest BCUT2D eigenvalue weighted by molar-refractivity contribution is 5.63. The third-order valence-corrected chi connectivity index (χ3v) is 5.86. The van der Waals surface area contributed by atoms with Gasteiger partial charge in [0.2, 0.25) is 0 Å². The molecule has 1 aromatic carbocycles. The first-order valence-electron chi connectivity index (χ1n) is 12.2. The molecule has 0 aliphatic heterocycles. The zero-order valence-corrected chi connectivity index (χ0v) is 19.3. The maximum Gasteiger partial charge on any atom is 0.160 e. The zero-order valence-electron chi connectivity index (χ0n) is 19.3. The van der Waals surface area contributed by atoms with Crippen molar-refractivity contribution in [3.63, 3.8) is 0 Å². The predicted molar refractivity (Wildman–Crippen MR) is 131 cm³/mol. The normalized spacial score (nSPS) is 11.0. The van der Waals surface area contributed by atoms with E-state index in [1.54, 1.807) is 0 Å². The lowest BCUT2D eigenvalue weighted by atomic mass is 10.0. The van der Waals surface area contributed by atoms with Gasteiger partial charge in [0.15, 0.2) is 5.82 Å². The summed E-state index contributed by atoms with van der Waals surface area (Å²) in [5.41, 5.74) is 5.75. The number of hydrogen-bond acceptors (Lipinski definition) is 3. The van der Waals surface area contributed by atoms with Crippen LogP contribution >= 0.6 is 0 Å². The second-order valence-electron chi connectivity index (χ2n) is 8.52. The molecule has 0 atom stereocenters. The molecule has 0 N–H and O–H groups in total. The first-order valence-corrected chi connectivity index (χ1v) is 12.2. The van der Waals surface area contributed by atoms with Gasteiger partial charge in [-0.2, -0.15) is 0 Å². The SMILES string of the molecule is CCCCCCCc1ccc(-c2ccc(-c3ncc(CCCCCC)cn3)cn2)cc1. The second-order valence-corrected chi connectivity index (χ2v) is 8.52. The molecule has 0 radical (unpaired) electrons. The Hall–Kier alpha value is -2.55. The Kier molecular flexibility index (Phi) is 9.69. The monoisotopic (exact) mass is 415 g/mol. The fraction of sp³-hybridized carbons (Fsp3) is 0.464. The summed E-state index contributed by atoms with van der Waals surface area (Å²) in [6, 6.07) is 13.0. The van der Waals surface area contributed by atoms with Gasteiger partial charge in [-0.15, -0.1) is 0 Å². The average Bonchev–Trinajstić information content (AvgIpc) is 2.83. The highest BCUT2D eigenvalue weighted by atomic mass is 14.9. The van der Waals surface area contributed by atoms with Crippen LogP contribution in [0.4, 0.5) is 0 Å². The molecule has 31 heavy (non-hydrogen) atoms. The molecule has 2 heterocycles. The topological polar surface area (TPSA) is 38.7 Å². The van der Waals surface area contributed by atoms with E-state index in [2.05, 4.69) is 65.2 Å². The molecular weight excluding hydrogens is 378 g/mol. The summed E-state index contributed by atoms with van der Waals surface area (Å²) in [5, 5.41) is 0. The number of unbranched alkanes of at least 4 members (excludes halogenated alkanes) is 7. The van der Waals surface area contributed by atoms with Gasteiger partial charge in [-0.3, -0.25) is 4.98 Å². The van der Waals surface area contributed by atoms with E-state index in [9.17, 15) is 0 Å². The van der Waals surface area contributed by atoms with E-state index in [-0.39, 0.29) is 0 Å².